The van der Waals surface area contributed by atoms with Crippen LogP contribution in [0.25, 0.3) is 22.4 Å². The summed E-state index contributed by atoms with van der Waals surface area (Å²) in [5.74, 6) is 1.26. The Labute approximate surface area is 122 Å². The lowest BCUT2D eigenvalue weighted by Crippen LogP contribution is -1.98. The van der Waals surface area contributed by atoms with Crippen molar-refractivity contribution in [1.29, 1.82) is 0 Å². The van der Waals surface area contributed by atoms with E-state index in [2.05, 4.69) is 20.1 Å². The standard InChI is InChI=1S/C15H17N5O/c16-7-3-1-2-4-14-19-15(20-21-14)11-5-6-12-13(10-11)18-9-8-17-12/h5-6,8-10H,1-4,7,16H2. The zero-order valence-corrected chi connectivity index (χ0v) is 11.7. The predicted molar refractivity (Wildman–Crippen MR) is 79.4 cm³/mol. The van der Waals surface area contributed by atoms with Crippen LogP contribution in [0.1, 0.15) is 25.2 Å². The topological polar surface area (TPSA) is 90.7 Å². The number of benzene rings is 1. The molecule has 6 nitrogen and oxygen atoms in total. The van der Waals surface area contributed by atoms with Gasteiger partial charge in [0.05, 0.1) is 11.0 Å². The second kappa shape index (κ2) is 6.41. The molecular formula is C15H17N5O. The number of aromatic nitrogens is 4. The maximum Gasteiger partial charge on any atom is 0.226 e. The number of nitrogens with two attached hydrogens (primary N) is 1. The number of hydrogen-bond acceptors (Lipinski definition) is 6. The second-order valence-electron chi connectivity index (χ2n) is 4.87. The van der Waals surface area contributed by atoms with Gasteiger partial charge in [-0.05, 0) is 37.6 Å². The summed E-state index contributed by atoms with van der Waals surface area (Å²) in [6, 6.07) is 5.76. The summed E-state index contributed by atoms with van der Waals surface area (Å²) in [4.78, 5) is 13.0. The third kappa shape index (κ3) is 3.22. The Kier molecular flexibility index (Phi) is 4.16. The molecule has 3 rings (SSSR count). The zero-order chi connectivity index (χ0) is 14.5. The van der Waals surface area contributed by atoms with Crippen molar-refractivity contribution in [2.24, 2.45) is 5.73 Å². The first-order valence-corrected chi connectivity index (χ1v) is 7.10. The minimum Gasteiger partial charge on any atom is -0.339 e. The first-order valence-electron chi connectivity index (χ1n) is 7.10. The van der Waals surface area contributed by atoms with E-state index in [-0.39, 0.29) is 0 Å². The van der Waals surface area contributed by atoms with Gasteiger partial charge in [0.25, 0.3) is 0 Å². The van der Waals surface area contributed by atoms with E-state index >= 15 is 0 Å². The molecule has 0 fully saturated rings. The van der Waals surface area contributed by atoms with Crippen LogP contribution < -0.4 is 5.73 Å². The maximum atomic E-state index is 5.47. The van der Waals surface area contributed by atoms with Crippen molar-refractivity contribution in [3.05, 3.63) is 36.5 Å². The number of rotatable bonds is 6. The van der Waals surface area contributed by atoms with Gasteiger partial charge in [-0.25, -0.2) is 0 Å². The number of hydrogen-bond donors (Lipinski definition) is 1. The molecule has 2 heterocycles. The molecule has 2 aromatic heterocycles. The van der Waals surface area contributed by atoms with E-state index < -0.39 is 0 Å². The van der Waals surface area contributed by atoms with Crippen molar-refractivity contribution in [3.63, 3.8) is 0 Å². The van der Waals surface area contributed by atoms with Crippen molar-refractivity contribution in [2.75, 3.05) is 6.54 Å². The second-order valence-corrected chi connectivity index (χ2v) is 4.87. The summed E-state index contributed by atoms with van der Waals surface area (Å²) in [6.07, 6.45) is 7.27. The number of fused-ring (bicyclic) bond motifs is 1. The molecule has 6 heteroatoms. The molecule has 108 valence electrons. The van der Waals surface area contributed by atoms with Gasteiger partial charge < -0.3 is 10.3 Å². The van der Waals surface area contributed by atoms with E-state index in [0.717, 1.165) is 48.8 Å². The number of aryl methyl sites for hydroxylation is 1. The minimum atomic E-state index is 0.594. The molecule has 0 saturated carbocycles. The fourth-order valence-corrected chi connectivity index (χ4v) is 2.17. The van der Waals surface area contributed by atoms with Gasteiger partial charge in [0.15, 0.2) is 0 Å². The van der Waals surface area contributed by atoms with Crippen LogP contribution in [0.15, 0.2) is 35.1 Å². The van der Waals surface area contributed by atoms with Crippen molar-refractivity contribution < 1.29 is 4.52 Å². The van der Waals surface area contributed by atoms with E-state index in [0.29, 0.717) is 11.7 Å². The Hall–Kier alpha value is -2.34. The first kappa shape index (κ1) is 13.6. The molecule has 0 unspecified atom stereocenters. The van der Waals surface area contributed by atoms with E-state index in [1.54, 1.807) is 12.4 Å². The van der Waals surface area contributed by atoms with Crippen LogP contribution in [0.2, 0.25) is 0 Å². The largest absolute Gasteiger partial charge is 0.339 e. The van der Waals surface area contributed by atoms with Crippen LogP contribution in [-0.2, 0) is 6.42 Å². The van der Waals surface area contributed by atoms with Gasteiger partial charge in [-0.1, -0.05) is 11.6 Å². The SMILES string of the molecule is NCCCCCc1nc(-c2ccc3nccnc3c2)no1. The Morgan fingerprint density at radius 2 is 1.86 bits per heavy atom. The van der Waals surface area contributed by atoms with Crippen LogP contribution in [0.3, 0.4) is 0 Å². The van der Waals surface area contributed by atoms with Crippen molar-refractivity contribution in [3.8, 4) is 11.4 Å². The van der Waals surface area contributed by atoms with Crippen molar-refractivity contribution in [1.82, 2.24) is 20.1 Å². The highest BCUT2D eigenvalue weighted by molar-refractivity contribution is 5.79. The van der Waals surface area contributed by atoms with Gasteiger partial charge in [-0.15, -0.1) is 0 Å². The fraction of sp³-hybridized carbons (Fsp3) is 0.333. The molecule has 0 saturated heterocycles. The van der Waals surface area contributed by atoms with Crippen LogP contribution in [0, 0.1) is 0 Å². The Morgan fingerprint density at radius 3 is 2.71 bits per heavy atom. The van der Waals surface area contributed by atoms with Gasteiger partial charge in [-0.2, -0.15) is 4.98 Å². The van der Waals surface area contributed by atoms with Crippen molar-refractivity contribution >= 4 is 11.0 Å². The van der Waals surface area contributed by atoms with Gasteiger partial charge in [-0.3, -0.25) is 9.97 Å². The maximum absolute atomic E-state index is 5.47. The van der Waals surface area contributed by atoms with Crippen LogP contribution in [-0.4, -0.2) is 26.7 Å². The normalized spacial score (nSPS) is 11.1. The lowest BCUT2D eigenvalue weighted by molar-refractivity contribution is 0.374. The molecule has 0 aliphatic carbocycles. The summed E-state index contributed by atoms with van der Waals surface area (Å²) in [5, 5.41) is 4.03. The molecule has 0 radical (unpaired) electrons. The Bertz CT molecular complexity index is 725. The Morgan fingerprint density at radius 1 is 1.00 bits per heavy atom. The molecule has 1 aromatic carbocycles. The molecule has 21 heavy (non-hydrogen) atoms. The smallest absolute Gasteiger partial charge is 0.226 e. The monoisotopic (exact) mass is 283 g/mol. The molecule has 0 amide bonds. The minimum absolute atomic E-state index is 0.594. The van der Waals surface area contributed by atoms with E-state index in [1.165, 1.54) is 0 Å². The molecule has 2 N–H and O–H groups in total. The molecule has 0 atom stereocenters. The van der Waals surface area contributed by atoms with Crippen molar-refractivity contribution in [2.45, 2.75) is 25.7 Å². The lowest BCUT2D eigenvalue weighted by Gasteiger charge is -1.97. The average molecular weight is 283 g/mol. The van der Waals surface area contributed by atoms with E-state index in [4.69, 9.17) is 10.3 Å². The fourth-order valence-electron chi connectivity index (χ4n) is 2.17. The van der Waals surface area contributed by atoms with Gasteiger partial charge in [0.1, 0.15) is 0 Å². The van der Waals surface area contributed by atoms with Gasteiger partial charge in [0.2, 0.25) is 11.7 Å². The summed E-state index contributed by atoms with van der Waals surface area (Å²) in [6.45, 7) is 0.729. The van der Waals surface area contributed by atoms with Gasteiger partial charge in [0, 0.05) is 24.4 Å². The Balaban J connectivity index is 1.75. The van der Waals surface area contributed by atoms with Crippen LogP contribution >= 0.6 is 0 Å². The first-order chi connectivity index (χ1) is 10.4. The highest BCUT2D eigenvalue weighted by atomic mass is 16.5. The summed E-state index contributed by atoms with van der Waals surface area (Å²) >= 11 is 0. The van der Waals surface area contributed by atoms with Gasteiger partial charge >= 0.3 is 0 Å². The third-order valence-electron chi connectivity index (χ3n) is 3.29. The number of nitrogens with zero attached hydrogens (tertiary/aromatic N) is 4. The molecule has 0 aliphatic rings. The molecule has 3 aromatic rings. The molecular weight excluding hydrogens is 266 g/mol. The summed E-state index contributed by atoms with van der Waals surface area (Å²) < 4.78 is 5.28. The third-order valence-corrected chi connectivity index (χ3v) is 3.29. The molecule has 0 aliphatic heterocycles. The predicted octanol–water partition coefficient (Wildman–Crippen LogP) is 2.35. The van der Waals surface area contributed by atoms with Crippen LogP contribution in [0.5, 0.6) is 0 Å². The molecule has 0 spiro atoms. The summed E-state index contributed by atoms with van der Waals surface area (Å²) in [7, 11) is 0. The summed E-state index contributed by atoms with van der Waals surface area (Å²) in [5.41, 5.74) is 8.04. The molecule has 0 bridgehead atoms. The highest BCUT2D eigenvalue weighted by Crippen LogP contribution is 2.20. The lowest BCUT2D eigenvalue weighted by atomic mass is 10.2. The van der Waals surface area contributed by atoms with Crippen LogP contribution in [0.4, 0.5) is 0 Å². The zero-order valence-electron chi connectivity index (χ0n) is 11.7. The quantitative estimate of drug-likeness (QED) is 0.698. The van der Waals surface area contributed by atoms with E-state index in [9.17, 15) is 0 Å². The van der Waals surface area contributed by atoms with E-state index in [1.807, 2.05) is 18.2 Å². The number of unbranched alkanes of at least 4 members (excludes halogenated alkanes) is 2. The average Bonchev–Trinajstić information content (AvgIpc) is 3.00. The highest BCUT2D eigenvalue weighted by Gasteiger charge is 2.09.